The number of aromatic nitrogens is 2. The number of rotatable bonds is 7. The lowest BCUT2D eigenvalue weighted by Gasteiger charge is -2.23. The third kappa shape index (κ3) is 4.86. The van der Waals surface area contributed by atoms with E-state index in [2.05, 4.69) is 10.3 Å². The average molecular weight is 432 g/mol. The topological polar surface area (TPSA) is 46.9 Å². The molecule has 0 saturated carbocycles. The molecule has 0 bridgehead atoms. The maximum Gasteiger partial charge on any atom is 0.238 e. The monoisotopic (exact) mass is 431 g/mol. The van der Waals surface area contributed by atoms with Crippen LogP contribution in [0.25, 0.3) is 0 Å². The first kappa shape index (κ1) is 20.9. The first-order chi connectivity index (χ1) is 15.1. The van der Waals surface area contributed by atoms with Gasteiger partial charge in [0.15, 0.2) is 0 Å². The number of carbonyl (C=O) groups excluding carboxylic acids is 1. The van der Waals surface area contributed by atoms with Gasteiger partial charge in [-0.1, -0.05) is 66.7 Å². The second kappa shape index (κ2) is 9.62. The fraction of sp³-hybridized carbons (Fsp3) is 0.120. The van der Waals surface area contributed by atoms with Gasteiger partial charge in [-0.3, -0.25) is 4.79 Å². The van der Waals surface area contributed by atoms with Gasteiger partial charge in [-0.2, -0.15) is 0 Å². The zero-order valence-electron chi connectivity index (χ0n) is 17.0. The quantitative estimate of drug-likeness (QED) is 0.404. The molecule has 0 saturated heterocycles. The molecular formula is C25H22FN3OS. The van der Waals surface area contributed by atoms with Crippen LogP contribution in [0, 0.1) is 5.82 Å². The number of nitrogens with one attached hydrogen (secondary N) is 1. The van der Waals surface area contributed by atoms with Crippen LogP contribution in [0.15, 0.2) is 102 Å². The summed E-state index contributed by atoms with van der Waals surface area (Å²) in [7, 11) is 1.83. The predicted molar refractivity (Wildman–Crippen MR) is 121 cm³/mol. The van der Waals surface area contributed by atoms with Crippen molar-refractivity contribution in [2.45, 2.75) is 16.2 Å². The summed E-state index contributed by atoms with van der Waals surface area (Å²) >= 11 is 1.46. The van der Waals surface area contributed by atoms with Crippen molar-refractivity contribution < 1.29 is 9.18 Å². The molecule has 3 aromatic carbocycles. The van der Waals surface area contributed by atoms with Crippen molar-refractivity contribution in [3.63, 3.8) is 0 Å². The molecule has 1 N–H and O–H groups in total. The molecule has 31 heavy (non-hydrogen) atoms. The maximum absolute atomic E-state index is 14.7. The SMILES string of the molecule is Cn1ccnc1[C@H](NC(=O)[C@H](Sc1ccccc1)c1ccccc1)c1ccccc1F. The molecule has 0 spiro atoms. The van der Waals surface area contributed by atoms with Gasteiger partial charge < -0.3 is 9.88 Å². The van der Waals surface area contributed by atoms with E-state index < -0.39 is 11.3 Å². The van der Waals surface area contributed by atoms with Crippen molar-refractivity contribution in [2.75, 3.05) is 0 Å². The highest BCUT2D eigenvalue weighted by molar-refractivity contribution is 8.00. The van der Waals surface area contributed by atoms with Crippen molar-refractivity contribution in [2.24, 2.45) is 7.05 Å². The number of carbonyl (C=O) groups is 1. The summed E-state index contributed by atoms with van der Waals surface area (Å²) in [5.41, 5.74) is 1.25. The maximum atomic E-state index is 14.7. The van der Waals surface area contributed by atoms with E-state index in [1.807, 2.05) is 67.7 Å². The highest BCUT2D eigenvalue weighted by Gasteiger charge is 2.28. The minimum Gasteiger partial charge on any atom is -0.341 e. The second-order valence-corrected chi connectivity index (χ2v) is 8.26. The molecule has 1 heterocycles. The van der Waals surface area contributed by atoms with Crippen LogP contribution in [0.1, 0.15) is 28.2 Å². The standard InChI is InChI=1S/C25H22FN3OS/c1-29-17-16-27-24(29)22(20-14-8-9-15-21(20)26)28-25(30)23(18-10-4-2-5-11-18)31-19-12-6-3-7-13-19/h2-17,22-23H,1H3,(H,28,30)/t22-,23-/m1/s1. The smallest absolute Gasteiger partial charge is 0.238 e. The van der Waals surface area contributed by atoms with Gasteiger partial charge in [-0.05, 0) is 23.8 Å². The molecule has 4 nitrogen and oxygen atoms in total. The first-order valence-electron chi connectivity index (χ1n) is 9.92. The first-order valence-corrected chi connectivity index (χ1v) is 10.8. The largest absolute Gasteiger partial charge is 0.341 e. The Labute approximate surface area is 185 Å². The number of imidazole rings is 1. The Balaban J connectivity index is 1.69. The average Bonchev–Trinajstić information content (AvgIpc) is 3.23. The molecule has 0 unspecified atom stereocenters. The lowest BCUT2D eigenvalue weighted by atomic mass is 10.0. The summed E-state index contributed by atoms with van der Waals surface area (Å²) in [5.74, 6) is -0.0333. The normalized spacial score (nSPS) is 12.8. The van der Waals surface area contributed by atoms with E-state index in [1.54, 1.807) is 35.2 Å². The van der Waals surface area contributed by atoms with Crippen LogP contribution in [0.3, 0.4) is 0 Å². The number of nitrogens with zero attached hydrogens (tertiary/aromatic N) is 2. The van der Waals surface area contributed by atoms with Gasteiger partial charge in [0.1, 0.15) is 22.9 Å². The van der Waals surface area contributed by atoms with E-state index in [1.165, 1.54) is 17.8 Å². The second-order valence-electron chi connectivity index (χ2n) is 7.08. The van der Waals surface area contributed by atoms with E-state index in [9.17, 15) is 9.18 Å². The van der Waals surface area contributed by atoms with Crippen molar-refractivity contribution in [1.82, 2.24) is 14.9 Å². The van der Waals surface area contributed by atoms with Crippen LogP contribution < -0.4 is 5.32 Å². The van der Waals surface area contributed by atoms with Gasteiger partial charge >= 0.3 is 0 Å². The number of aryl methyl sites for hydroxylation is 1. The number of halogens is 1. The molecule has 0 aliphatic heterocycles. The van der Waals surface area contributed by atoms with Crippen LogP contribution in [-0.2, 0) is 11.8 Å². The van der Waals surface area contributed by atoms with Crippen molar-refractivity contribution in [3.8, 4) is 0 Å². The van der Waals surface area contributed by atoms with E-state index in [0.29, 0.717) is 11.4 Å². The van der Waals surface area contributed by atoms with Crippen LogP contribution in [0.4, 0.5) is 4.39 Å². The number of benzene rings is 3. The number of hydrogen-bond acceptors (Lipinski definition) is 3. The van der Waals surface area contributed by atoms with E-state index in [0.717, 1.165) is 10.5 Å². The van der Waals surface area contributed by atoms with Crippen molar-refractivity contribution in [1.29, 1.82) is 0 Å². The summed E-state index contributed by atoms with van der Waals surface area (Å²) in [6.07, 6.45) is 3.42. The van der Waals surface area contributed by atoms with Gasteiger partial charge in [0.05, 0.1) is 0 Å². The Bertz CT molecular complexity index is 1150. The number of hydrogen-bond donors (Lipinski definition) is 1. The molecule has 0 fully saturated rings. The summed E-state index contributed by atoms with van der Waals surface area (Å²) in [5, 5.41) is 2.55. The summed E-state index contributed by atoms with van der Waals surface area (Å²) in [4.78, 5) is 18.9. The molecule has 0 radical (unpaired) electrons. The minimum absolute atomic E-state index is 0.212. The van der Waals surface area contributed by atoms with Crippen LogP contribution in [0.2, 0.25) is 0 Å². The molecule has 4 rings (SSSR count). The Morgan fingerprint density at radius 2 is 1.61 bits per heavy atom. The molecule has 6 heteroatoms. The molecule has 0 aliphatic rings. The summed E-state index contributed by atoms with van der Waals surface area (Å²) < 4.78 is 16.5. The van der Waals surface area contributed by atoms with Gasteiger partial charge in [0.2, 0.25) is 5.91 Å². The summed E-state index contributed by atoms with van der Waals surface area (Å²) in [6.45, 7) is 0. The zero-order valence-corrected chi connectivity index (χ0v) is 17.8. The van der Waals surface area contributed by atoms with Crippen molar-refractivity contribution in [3.05, 3.63) is 120 Å². The third-order valence-electron chi connectivity index (χ3n) is 4.96. The van der Waals surface area contributed by atoms with E-state index in [4.69, 9.17) is 0 Å². The van der Waals surface area contributed by atoms with Gasteiger partial charge in [0, 0.05) is 29.9 Å². The molecule has 1 amide bonds. The summed E-state index contributed by atoms with van der Waals surface area (Å²) in [6, 6.07) is 25.1. The van der Waals surface area contributed by atoms with E-state index in [-0.39, 0.29) is 11.7 Å². The lowest BCUT2D eigenvalue weighted by Crippen LogP contribution is -2.34. The van der Waals surface area contributed by atoms with E-state index >= 15 is 0 Å². The van der Waals surface area contributed by atoms with Crippen LogP contribution >= 0.6 is 11.8 Å². The van der Waals surface area contributed by atoms with Crippen molar-refractivity contribution >= 4 is 17.7 Å². The number of thioether (sulfide) groups is 1. The predicted octanol–water partition coefficient (Wildman–Crippen LogP) is 5.30. The van der Waals surface area contributed by atoms with Gasteiger partial charge in [-0.15, -0.1) is 11.8 Å². The lowest BCUT2D eigenvalue weighted by molar-refractivity contribution is -0.121. The Hall–Kier alpha value is -3.38. The molecule has 4 aromatic rings. The molecule has 0 aliphatic carbocycles. The van der Waals surface area contributed by atoms with Crippen LogP contribution in [0.5, 0.6) is 0 Å². The Kier molecular flexibility index (Phi) is 6.48. The minimum atomic E-state index is -0.712. The molecular weight excluding hydrogens is 409 g/mol. The fourth-order valence-corrected chi connectivity index (χ4v) is 4.45. The number of amides is 1. The molecule has 2 atom stereocenters. The Morgan fingerprint density at radius 1 is 0.968 bits per heavy atom. The third-order valence-corrected chi connectivity index (χ3v) is 6.22. The van der Waals surface area contributed by atoms with Gasteiger partial charge in [0.25, 0.3) is 0 Å². The van der Waals surface area contributed by atoms with Crippen LogP contribution in [-0.4, -0.2) is 15.5 Å². The molecule has 1 aromatic heterocycles. The fourth-order valence-electron chi connectivity index (χ4n) is 3.40. The highest BCUT2D eigenvalue weighted by Crippen LogP contribution is 2.36. The van der Waals surface area contributed by atoms with Gasteiger partial charge in [-0.25, -0.2) is 9.37 Å². The molecule has 156 valence electrons. The highest BCUT2D eigenvalue weighted by atomic mass is 32.2. The zero-order chi connectivity index (χ0) is 21.6. The Morgan fingerprint density at radius 3 is 2.26 bits per heavy atom.